The molecule has 0 spiro atoms. The van der Waals surface area contributed by atoms with Gasteiger partial charge in [-0.25, -0.2) is 14.4 Å². The zero-order chi connectivity index (χ0) is 26.4. The van der Waals surface area contributed by atoms with Crippen LogP contribution in [0.1, 0.15) is 44.2 Å². The van der Waals surface area contributed by atoms with Crippen molar-refractivity contribution in [1.82, 2.24) is 9.55 Å². The Hall–Kier alpha value is -4.20. The van der Waals surface area contributed by atoms with E-state index in [4.69, 9.17) is 10.5 Å². The van der Waals surface area contributed by atoms with Crippen molar-refractivity contribution in [3.63, 3.8) is 0 Å². The zero-order valence-electron chi connectivity index (χ0n) is 18.2. The molecule has 2 heterocycles. The third-order valence-electron chi connectivity index (χ3n) is 5.97. The Bertz CT molecular complexity index is 1410. The minimum absolute atomic E-state index is 0.281. The van der Waals surface area contributed by atoms with Gasteiger partial charge in [0, 0.05) is 11.8 Å². The fourth-order valence-electron chi connectivity index (χ4n) is 4.30. The second-order valence-electron chi connectivity index (χ2n) is 8.03. The van der Waals surface area contributed by atoms with Crippen molar-refractivity contribution in [2.75, 3.05) is 5.73 Å². The molecule has 0 saturated carbocycles. The molecule has 36 heavy (non-hydrogen) atoms. The lowest BCUT2D eigenvalue weighted by Gasteiger charge is -2.36. The highest BCUT2D eigenvalue weighted by atomic mass is 19.3. The van der Waals surface area contributed by atoms with Gasteiger partial charge in [0.25, 0.3) is 0 Å². The van der Waals surface area contributed by atoms with E-state index in [-0.39, 0.29) is 11.4 Å². The number of alkyl halides is 2. The Morgan fingerprint density at radius 2 is 1.61 bits per heavy atom. The van der Waals surface area contributed by atoms with E-state index >= 15 is 8.78 Å². The van der Waals surface area contributed by atoms with Gasteiger partial charge in [-0.05, 0) is 23.8 Å². The lowest BCUT2D eigenvalue weighted by Crippen LogP contribution is -2.53. The van der Waals surface area contributed by atoms with Crippen molar-refractivity contribution < 1.29 is 43.5 Å². The maximum Gasteiger partial charge on any atom is 0.351 e. The molecule has 1 saturated heterocycles. The maximum absolute atomic E-state index is 16.1. The quantitative estimate of drug-likeness (QED) is 0.329. The van der Waals surface area contributed by atoms with Crippen LogP contribution in [-0.4, -0.2) is 53.9 Å². The number of nitrogens with two attached hydrogens (primary N) is 1. The molecular formula is C23H19F2N3O8. The summed E-state index contributed by atoms with van der Waals surface area (Å²) in [5, 5.41) is 41.9. The molecule has 1 fully saturated rings. The largest absolute Gasteiger partial charge is 0.478 e. The maximum atomic E-state index is 16.1. The van der Waals surface area contributed by atoms with Gasteiger partial charge in [0.1, 0.15) is 18.0 Å². The van der Waals surface area contributed by atoms with E-state index in [0.717, 1.165) is 36.5 Å². The minimum atomic E-state index is -4.45. The van der Waals surface area contributed by atoms with Gasteiger partial charge in [-0.15, -0.1) is 0 Å². The van der Waals surface area contributed by atoms with Crippen LogP contribution in [-0.2, 0) is 10.3 Å². The molecule has 4 atom stereocenters. The summed E-state index contributed by atoms with van der Waals surface area (Å²) in [7, 11) is 0. The summed E-state index contributed by atoms with van der Waals surface area (Å²) in [5.74, 6) is -7.90. The molecular weight excluding hydrogens is 484 g/mol. The molecule has 13 heteroatoms. The number of carboxylic acids is 2. The zero-order valence-corrected chi connectivity index (χ0v) is 18.2. The SMILES string of the molecule is Nc1ccn(C2OC(C(O)c3ccccc3C(=O)O)[C@](O)(c3ccccc3C(=O)O)C2(F)F)c(=O)n1. The average Bonchev–Trinajstić information content (AvgIpc) is 3.05. The van der Waals surface area contributed by atoms with Crippen LogP contribution < -0.4 is 11.4 Å². The molecule has 6 N–H and O–H groups in total. The van der Waals surface area contributed by atoms with Crippen molar-refractivity contribution in [2.24, 2.45) is 0 Å². The highest BCUT2D eigenvalue weighted by Gasteiger charge is 2.73. The first kappa shape index (κ1) is 24.9. The molecule has 0 bridgehead atoms. The lowest BCUT2D eigenvalue weighted by molar-refractivity contribution is -0.196. The fraction of sp³-hybridized carbons (Fsp3) is 0.217. The number of rotatable bonds is 6. The molecule has 11 nitrogen and oxygen atoms in total. The van der Waals surface area contributed by atoms with Crippen LogP contribution in [0, 0.1) is 0 Å². The number of carboxylic acid groups (broad SMARTS) is 2. The summed E-state index contributed by atoms with van der Waals surface area (Å²) in [5.41, 5.74) is -1.81. The number of nitrogens with zero attached hydrogens (tertiary/aromatic N) is 2. The van der Waals surface area contributed by atoms with Gasteiger partial charge in [0.05, 0.1) is 11.1 Å². The van der Waals surface area contributed by atoms with Crippen molar-refractivity contribution in [1.29, 1.82) is 0 Å². The molecule has 3 aromatic rings. The van der Waals surface area contributed by atoms with Crippen LogP contribution in [0.25, 0.3) is 0 Å². The number of aromatic carboxylic acids is 2. The van der Waals surface area contributed by atoms with Crippen LogP contribution in [0.5, 0.6) is 0 Å². The predicted molar refractivity (Wildman–Crippen MR) is 117 cm³/mol. The van der Waals surface area contributed by atoms with Crippen molar-refractivity contribution in [3.05, 3.63) is 93.5 Å². The Morgan fingerprint density at radius 3 is 2.22 bits per heavy atom. The van der Waals surface area contributed by atoms with Crippen LogP contribution in [0.4, 0.5) is 14.6 Å². The summed E-state index contributed by atoms with van der Waals surface area (Å²) in [6.45, 7) is 0. The summed E-state index contributed by atoms with van der Waals surface area (Å²) >= 11 is 0. The number of aliphatic hydroxyl groups is 2. The third kappa shape index (κ3) is 3.69. The van der Waals surface area contributed by atoms with Gasteiger partial charge in [0.15, 0.2) is 5.60 Å². The number of halogens is 2. The van der Waals surface area contributed by atoms with Crippen LogP contribution in [0.3, 0.4) is 0 Å². The van der Waals surface area contributed by atoms with Crippen LogP contribution >= 0.6 is 0 Å². The fourth-order valence-corrected chi connectivity index (χ4v) is 4.30. The number of hydrogen-bond donors (Lipinski definition) is 5. The first-order valence-electron chi connectivity index (χ1n) is 10.3. The number of aliphatic hydroxyl groups excluding tert-OH is 1. The van der Waals surface area contributed by atoms with Crippen LogP contribution in [0.15, 0.2) is 65.6 Å². The molecule has 2 aromatic carbocycles. The first-order valence-corrected chi connectivity index (χ1v) is 10.3. The van der Waals surface area contributed by atoms with Gasteiger partial charge >= 0.3 is 23.6 Å². The number of nitrogen functional groups attached to an aromatic ring is 1. The summed E-state index contributed by atoms with van der Waals surface area (Å²) in [4.78, 5) is 39.3. The Kier molecular flexibility index (Phi) is 6.08. The number of benzene rings is 2. The Balaban J connectivity index is 1.99. The van der Waals surface area contributed by atoms with Gasteiger partial charge in [-0.3, -0.25) is 4.57 Å². The number of hydrogen-bond acceptors (Lipinski definition) is 8. The molecule has 1 aliphatic heterocycles. The number of aromatic nitrogens is 2. The normalized spacial score (nSPS) is 23.8. The molecule has 1 aromatic heterocycles. The summed E-state index contributed by atoms with van der Waals surface area (Å²) in [6.07, 6.45) is -6.30. The van der Waals surface area contributed by atoms with Crippen molar-refractivity contribution in [2.45, 2.75) is 30.0 Å². The lowest BCUT2D eigenvalue weighted by atomic mass is 9.77. The number of carbonyl (C=O) groups is 2. The summed E-state index contributed by atoms with van der Waals surface area (Å²) in [6, 6.07) is 10.2. The molecule has 1 aliphatic rings. The van der Waals surface area contributed by atoms with E-state index < -0.39 is 64.3 Å². The Morgan fingerprint density at radius 1 is 1.03 bits per heavy atom. The molecule has 0 aliphatic carbocycles. The molecule has 188 valence electrons. The van der Waals surface area contributed by atoms with Gasteiger partial charge in [0.2, 0.25) is 6.23 Å². The number of ether oxygens (including phenoxy) is 1. The summed E-state index contributed by atoms with van der Waals surface area (Å²) < 4.78 is 38.0. The van der Waals surface area contributed by atoms with Crippen molar-refractivity contribution >= 4 is 17.8 Å². The second kappa shape index (κ2) is 8.78. The molecule has 0 radical (unpaired) electrons. The average molecular weight is 503 g/mol. The van der Waals surface area contributed by atoms with Crippen LogP contribution in [0.2, 0.25) is 0 Å². The monoisotopic (exact) mass is 503 g/mol. The minimum Gasteiger partial charge on any atom is -0.478 e. The molecule has 3 unspecified atom stereocenters. The standard InChI is InChI=1S/C23H19F2N3O8/c24-23(25)20(28-10-9-15(26)27-21(28)34)36-17(16(29)11-5-1-2-6-12(11)18(30)31)22(23,35)14-8-4-3-7-13(14)19(32)33/h1-10,16-17,20,29,35H,(H,30,31)(H,32,33)(H2,26,27,34)/t16?,17?,20?,22-/m1/s1. The van der Waals surface area contributed by atoms with Gasteiger partial charge in [-0.2, -0.15) is 13.8 Å². The van der Waals surface area contributed by atoms with Gasteiger partial charge < -0.3 is 30.9 Å². The highest BCUT2D eigenvalue weighted by molar-refractivity contribution is 5.90. The molecule has 4 rings (SSSR count). The number of anilines is 1. The smallest absolute Gasteiger partial charge is 0.351 e. The molecule has 0 amide bonds. The first-order chi connectivity index (χ1) is 16.9. The predicted octanol–water partition coefficient (Wildman–Crippen LogP) is 1.38. The third-order valence-corrected chi connectivity index (χ3v) is 5.97. The van der Waals surface area contributed by atoms with E-state index in [1.807, 2.05) is 0 Å². The highest BCUT2D eigenvalue weighted by Crippen LogP contribution is 2.57. The second-order valence-corrected chi connectivity index (χ2v) is 8.03. The van der Waals surface area contributed by atoms with Crippen molar-refractivity contribution in [3.8, 4) is 0 Å². The van der Waals surface area contributed by atoms with E-state index in [1.54, 1.807) is 0 Å². The Labute approximate surface area is 200 Å². The van der Waals surface area contributed by atoms with E-state index in [2.05, 4.69) is 4.98 Å². The topological polar surface area (TPSA) is 185 Å². The van der Waals surface area contributed by atoms with E-state index in [9.17, 15) is 34.8 Å². The van der Waals surface area contributed by atoms with E-state index in [0.29, 0.717) is 4.57 Å². The van der Waals surface area contributed by atoms with E-state index in [1.165, 1.54) is 24.3 Å². The van der Waals surface area contributed by atoms with Gasteiger partial charge in [-0.1, -0.05) is 36.4 Å².